The predicted molar refractivity (Wildman–Crippen MR) is 138 cm³/mol. The van der Waals surface area contributed by atoms with E-state index in [1.54, 1.807) is 0 Å². The molecule has 0 heterocycles. The molecule has 0 aromatic carbocycles. The fourth-order valence-corrected chi connectivity index (χ4v) is 4.39. The summed E-state index contributed by atoms with van der Waals surface area (Å²) >= 11 is 2.75. The third kappa shape index (κ3) is 49.2. The van der Waals surface area contributed by atoms with Crippen molar-refractivity contribution < 1.29 is 18.9 Å². The van der Waals surface area contributed by atoms with Gasteiger partial charge in [-0.15, -0.1) is 0 Å². The monoisotopic (exact) mass is 494 g/mol. The van der Waals surface area contributed by atoms with Crippen LogP contribution in [0.25, 0.3) is 0 Å². The maximum absolute atomic E-state index is 10.2. The van der Waals surface area contributed by atoms with Crippen LogP contribution in [0.4, 0.5) is 0 Å². The Balaban J connectivity index is -0.000000394. The Morgan fingerprint density at radius 1 is 0.484 bits per heavy atom. The summed E-state index contributed by atoms with van der Waals surface area (Å²) in [4.78, 5) is 20.4. The van der Waals surface area contributed by atoms with Gasteiger partial charge in [0.15, 0.2) is 0 Å². The molecule has 0 fully saturated rings. The van der Waals surface area contributed by atoms with E-state index in [1.807, 2.05) is 0 Å². The van der Waals surface area contributed by atoms with Crippen molar-refractivity contribution in [2.75, 3.05) is 12.3 Å². The molecule has 0 amide bonds. The van der Waals surface area contributed by atoms with Gasteiger partial charge >= 0.3 is 54.2 Å². The molecular weight excluding hydrogens is 441 g/mol. The number of rotatable bonds is 20. The Kier molecular flexibility index (Phi) is 41.8. The minimum atomic E-state index is -2.43. The number of unbranched alkanes of at least 4 members (excludes halogenated alkanes) is 15. The van der Waals surface area contributed by atoms with Crippen LogP contribution in [0.5, 0.6) is 0 Å². The first-order valence-corrected chi connectivity index (χ1v) is 16.9. The van der Waals surface area contributed by atoms with Gasteiger partial charge in [-0.05, 0) is 25.2 Å². The van der Waals surface area contributed by atoms with Crippen molar-refractivity contribution in [2.45, 2.75) is 142 Å². The summed E-state index contributed by atoms with van der Waals surface area (Å²) < 4.78 is 20.4. The van der Waals surface area contributed by atoms with Gasteiger partial charge in [-0.25, -0.2) is 0 Å². The summed E-state index contributed by atoms with van der Waals surface area (Å²) in [6.45, 7) is 6.63. The molecule has 2 atom stereocenters. The molecule has 0 aromatic rings. The van der Waals surface area contributed by atoms with Gasteiger partial charge in [0, 0.05) is 16.1 Å². The Bertz CT molecular complexity index is 326. The molecule has 0 aliphatic carbocycles. The van der Waals surface area contributed by atoms with Gasteiger partial charge in [-0.1, -0.05) is 90.9 Å². The molecule has 7 heteroatoms. The van der Waals surface area contributed by atoms with Crippen LogP contribution < -0.4 is 9.79 Å². The zero-order valence-electron chi connectivity index (χ0n) is 21.1. The predicted octanol–water partition coefficient (Wildman–Crippen LogP) is 7.30. The van der Waals surface area contributed by atoms with Gasteiger partial charge in [-0.3, -0.25) is 0 Å². The SMILES string of the molecule is CCCCCCCCC[PH](=O)[O-].CCCCCCCCC[PH](=O)[O-].CCCCC[CH2][Al+2]. The average Bonchev–Trinajstić information content (AvgIpc) is 2.73. The molecule has 186 valence electrons. The average molecular weight is 495 g/mol. The quantitative estimate of drug-likeness (QED) is 0.101. The van der Waals surface area contributed by atoms with E-state index in [0.29, 0.717) is 12.3 Å². The van der Waals surface area contributed by atoms with Crippen molar-refractivity contribution in [1.29, 1.82) is 0 Å². The van der Waals surface area contributed by atoms with E-state index in [-0.39, 0.29) is 0 Å². The van der Waals surface area contributed by atoms with E-state index in [4.69, 9.17) is 0 Å². The normalized spacial score (nSPS) is 12.4. The minimum absolute atomic E-state index is 0.415. The summed E-state index contributed by atoms with van der Waals surface area (Å²) in [5, 5.41) is 1.28. The summed E-state index contributed by atoms with van der Waals surface area (Å²) in [6.07, 6.45) is 23.1. The van der Waals surface area contributed by atoms with Gasteiger partial charge in [0.25, 0.3) is 0 Å². The topological polar surface area (TPSA) is 80.3 Å². The Labute approximate surface area is 204 Å². The third-order valence-corrected chi connectivity index (χ3v) is 6.96. The molecule has 0 aliphatic rings. The number of hydrogen-bond donors (Lipinski definition) is 0. The summed E-state index contributed by atoms with van der Waals surface area (Å²) in [5.41, 5.74) is 0. The maximum atomic E-state index is 10.2. The standard InChI is InChI=1S/2C9H21O2P.C6H13.Al/c2*1-2-3-4-5-6-7-8-9-12(10)11;1-3-5-6-4-2;/h2*12H,2-9H2,1H3,(H,10,11);1,3-6H2,2H3;/q;;;+2/p-2. The van der Waals surface area contributed by atoms with Crippen LogP contribution in [-0.4, -0.2) is 28.6 Å². The molecule has 0 radical (unpaired) electrons. The summed E-state index contributed by atoms with van der Waals surface area (Å²) in [7, 11) is -4.86. The first-order valence-electron chi connectivity index (χ1n) is 13.1. The van der Waals surface area contributed by atoms with Crippen LogP contribution in [0.15, 0.2) is 0 Å². The van der Waals surface area contributed by atoms with E-state index in [0.717, 1.165) is 25.7 Å². The van der Waals surface area contributed by atoms with E-state index < -0.39 is 16.1 Å². The first kappa shape index (κ1) is 36.5. The van der Waals surface area contributed by atoms with E-state index in [1.165, 1.54) is 95.2 Å². The van der Waals surface area contributed by atoms with Crippen LogP contribution >= 0.6 is 16.1 Å². The summed E-state index contributed by atoms with van der Waals surface area (Å²) in [5.74, 6) is 0. The van der Waals surface area contributed by atoms with Gasteiger partial charge in [0.1, 0.15) is 0 Å². The van der Waals surface area contributed by atoms with Crippen LogP contribution in [0.3, 0.4) is 0 Å². The second-order valence-corrected chi connectivity index (χ2v) is 11.4. The van der Waals surface area contributed by atoms with Crippen molar-refractivity contribution in [2.24, 2.45) is 0 Å². The molecule has 0 aliphatic heterocycles. The Hall–Kier alpha value is 0.912. The van der Waals surface area contributed by atoms with Crippen LogP contribution in [0.2, 0.25) is 5.28 Å². The molecule has 0 N–H and O–H groups in total. The van der Waals surface area contributed by atoms with Crippen molar-refractivity contribution in [1.82, 2.24) is 0 Å². The number of hydrogen-bond acceptors (Lipinski definition) is 4. The molecule has 0 bridgehead atoms. The molecule has 0 aromatic heterocycles. The third-order valence-electron chi connectivity index (χ3n) is 5.03. The zero-order chi connectivity index (χ0) is 24.0. The van der Waals surface area contributed by atoms with E-state index in [9.17, 15) is 18.9 Å². The Morgan fingerprint density at radius 3 is 1.00 bits per heavy atom. The van der Waals surface area contributed by atoms with Crippen LogP contribution in [0, 0.1) is 0 Å². The van der Waals surface area contributed by atoms with Crippen LogP contribution in [-0.2, 0) is 9.13 Å². The second kappa shape index (κ2) is 35.5. The first-order chi connectivity index (χ1) is 15.0. The molecule has 2 unspecified atom stereocenters. The Morgan fingerprint density at radius 2 is 0.742 bits per heavy atom. The van der Waals surface area contributed by atoms with Crippen molar-refractivity contribution >= 4 is 32.3 Å². The second-order valence-electron chi connectivity index (χ2n) is 8.34. The fraction of sp³-hybridized carbons (Fsp3) is 1.00. The summed E-state index contributed by atoms with van der Waals surface area (Å²) in [6, 6.07) is 0. The van der Waals surface area contributed by atoms with Gasteiger partial charge in [0.2, 0.25) is 0 Å². The van der Waals surface area contributed by atoms with Crippen LogP contribution in [0.1, 0.15) is 136 Å². The van der Waals surface area contributed by atoms with Gasteiger partial charge < -0.3 is 18.9 Å². The molecule has 0 rings (SSSR count). The fourth-order valence-electron chi connectivity index (χ4n) is 3.02. The molecule has 0 saturated carbocycles. The van der Waals surface area contributed by atoms with Crippen molar-refractivity contribution in [3.63, 3.8) is 0 Å². The van der Waals surface area contributed by atoms with E-state index >= 15 is 0 Å². The van der Waals surface area contributed by atoms with Crippen molar-refractivity contribution in [3.05, 3.63) is 0 Å². The van der Waals surface area contributed by atoms with E-state index in [2.05, 4.69) is 37.1 Å². The molecule has 0 spiro atoms. The van der Waals surface area contributed by atoms with Crippen molar-refractivity contribution in [3.8, 4) is 0 Å². The molecule has 0 saturated heterocycles. The van der Waals surface area contributed by atoms with Gasteiger partial charge in [-0.2, -0.15) is 0 Å². The zero-order valence-corrected chi connectivity index (χ0v) is 24.2. The van der Waals surface area contributed by atoms with Gasteiger partial charge in [0.05, 0.1) is 0 Å². The molecule has 4 nitrogen and oxygen atoms in total. The molecule has 31 heavy (non-hydrogen) atoms. The molecular formula is C24H53AlO4P2.